The summed E-state index contributed by atoms with van der Waals surface area (Å²) in [5.41, 5.74) is 5.19. The van der Waals surface area contributed by atoms with Crippen molar-refractivity contribution in [1.82, 2.24) is 10.3 Å². The zero-order chi connectivity index (χ0) is 16.8. The number of benzene rings is 2. The highest BCUT2D eigenvalue weighted by atomic mass is 14.9. The lowest BCUT2D eigenvalue weighted by Gasteiger charge is -2.24. The number of hydrogen-bond acceptors (Lipinski definition) is 2. The molecule has 1 aromatic heterocycles. The van der Waals surface area contributed by atoms with Gasteiger partial charge in [-0.25, -0.2) is 0 Å². The molecule has 0 saturated carbocycles. The molecular weight excluding hydrogens is 292 g/mol. The van der Waals surface area contributed by atoms with Gasteiger partial charge in [-0.15, -0.1) is 0 Å². The van der Waals surface area contributed by atoms with E-state index in [1.54, 1.807) is 0 Å². The quantitative estimate of drug-likeness (QED) is 0.713. The van der Waals surface area contributed by atoms with E-state index in [1.165, 1.54) is 22.3 Å². The van der Waals surface area contributed by atoms with E-state index < -0.39 is 0 Å². The minimum Gasteiger partial charge on any atom is -0.303 e. The van der Waals surface area contributed by atoms with Crippen LogP contribution < -0.4 is 5.32 Å². The second-order valence-corrected chi connectivity index (χ2v) is 6.38. The summed E-state index contributed by atoms with van der Waals surface area (Å²) in [5, 5.41) is 3.80. The van der Waals surface area contributed by atoms with Gasteiger partial charge in [0, 0.05) is 18.4 Å². The molecule has 0 aliphatic rings. The molecule has 0 bridgehead atoms. The Morgan fingerprint density at radius 3 is 2.12 bits per heavy atom. The molecule has 0 unspecified atom stereocenters. The normalized spacial score (nSPS) is 13.4. The van der Waals surface area contributed by atoms with Crippen LogP contribution in [0.5, 0.6) is 0 Å². The minimum absolute atomic E-state index is 0.198. The van der Waals surface area contributed by atoms with Crippen LogP contribution in [0, 0.1) is 6.92 Å². The van der Waals surface area contributed by atoms with Crippen LogP contribution in [0.25, 0.3) is 0 Å². The first-order valence-electron chi connectivity index (χ1n) is 8.49. The molecule has 24 heavy (non-hydrogen) atoms. The number of pyridine rings is 1. The van der Waals surface area contributed by atoms with E-state index in [4.69, 9.17) is 0 Å². The molecule has 3 aromatic rings. The third-order valence-corrected chi connectivity index (χ3v) is 4.29. The first-order valence-corrected chi connectivity index (χ1v) is 8.49. The standard InChI is InChI=1S/C22H24N2/c1-17-8-10-21(11-9-17)22(20-6-4-3-5-7-20)24-18(2)16-19-12-14-23-15-13-19/h3-15,18,22,24H,16H2,1-2H3/t18-,22+/m0/s1. The van der Waals surface area contributed by atoms with Crippen LogP contribution in [0.3, 0.4) is 0 Å². The smallest absolute Gasteiger partial charge is 0.0578 e. The van der Waals surface area contributed by atoms with Crippen molar-refractivity contribution >= 4 is 0 Å². The van der Waals surface area contributed by atoms with Gasteiger partial charge < -0.3 is 5.32 Å². The van der Waals surface area contributed by atoms with Gasteiger partial charge in [-0.05, 0) is 49.1 Å². The molecular formula is C22H24N2. The van der Waals surface area contributed by atoms with Gasteiger partial charge in [-0.3, -0.25) is 4.98 Å². The molecule has 2 nitrogen and oxygen atoms in total. The maximum absolute atomic E-state index is 4.10. The fraction of sp³-hybridized carbons (Fsp3) is 0.227. The number of rotatable bonds is 6. The number of aryl methyl sites for hydroxylation is 1. The van der Waals surface area contributed by atoms with E-state index >= 15 is 0 Å². The number of nitrogens with zero attached hydrogens (tertiary/aromatic N) is 1. The lowest BCUT2D eigenvalue weighted by Crippen LogP contribution is -2.32. The van der Waals surface area contributed by atoms with E-state index in [9.17, 15) is 0 Å². The number of aromatic nitrogens is 1. The molecule has 2 aromatic carbocycles. The maximum atomic E-state index is 4.10. The van der Waals surface area contributed by atoms with Crippen LogP contribution in [0.1, 0.15) is 35.2 Å². The van der Waals surface area contributed by atoms with Crippen molar-refractivity contribution in [2.45, 2.75) is 32.4 Å². The van der Waals surface area contributed by atoms with Gasteiger partial charge in [0.1, 0.15) is 0 Å². The second-order valence-electron chi connectivity index (χ2n) is 6.38. The van der Waals surface area contributed by atoms with Crippen molar-refractivity contribution in [3.8, 4) is 0 Å². The molecule has 0 spiro atoms. The van der Waals surface area contributed by atoms with Crippen LogP contribution in [0.2, 0.25) is 0 Å². The predicted molar refractivity (Wildman–Crippen MR) is 100 cm³/mol. The Bertz CT molecular complexity index is 736. The number of nitrogens with one attached hydrogen (secondary N) is 1. The topological polar surface area (TPSA) is 24.9 Å². The van der Waals surface area contributed by atoms with Gasteiger partial charge in [0.2, 0.25) is 0 Å². The predicted octanol–water partition coefficient (Wildman–Crippen LogP) is 4.70. The lowest BCUT2D eigenvalue weighted by atomic mass is 9.96. The summed E-state index contributed by atoms with van der Waals surface area (Å²) in [6.45, 7) is 4.37. The van der Waals surface area contributed by atoms with Crippen LogP contribution in [-0.4, -0.2) is 11.0 Å². The first-order chi connectivity index (χ1) is 11.7. The molecule has 122 valence electrons. The van der Waals surface area contributed by atoms with Gasteiger partial charge in [-0.2, -0.15) is 0 Å². The molecule has 1 heterocycles. The summed E-state index contributed by atoms with van der Waals surface area (Å²) in [5.74, 6) is 0. The molecule has 0 radical (unpaired) electrons. The largest absolute Gasteiger partial charge is 0.303 e. The molecule has 0 aliphatic carbocycles. The van der Waals surface area contributed by atoms with Gasteiger partial charge in [0.25, 0.3) is 0 Å². The molecule has 0 aliphatic heterocycles. The molecule has 1 N–H and O–H groups in total. The Morgan fingerprint density at radius 1 is 0.833 bits per heavy atom. The highest BCUT2D eigenvalue weighted by molar-refractivity contribution is 5.33. The Morgan fingerprint density at radius 2 is 1.46 bits per heavy atom. The second kappa shape index (κ2) is 7.89. The highest BCUT2D eigenvalue weighted by Crippen LogP contribution is 2.23. The summed E-state index contributed by atoms with van der Waals surface area (Å²) < 4.78 is 0. The van der Waals surface area contributed by atoms with E-state index in [1.807, 2.05) is 12.4 Å². The molecule has 3 rings (SSSR count). The molecule has 0 amide bonds. The summed E-state index contributed by atoms with van der Waals surface area (Å²) in [7, 11) is 0. The molecule has 2 heteroatoms. The monoisotopic (exact) mass is 316 g/mol. The minimum atomic E-state index is 0.198. The maximum Gasteiger partial charge on any atom is 0.0578 e. The zero-order valence-electron chi connectivity index (χ0n) is 14.3. The lowest BCUT2D eigenvalue weighted by molar-refractivity contribution is 0.496. The number of hydrogen-bond donors (Lipinski definition) is 1. The van der Waals surface area contributed by atoms with Crippen LogP contribution in [-0.2, 0) is 6.42 Å². The van der Waals surface area contributed by atoms with E-state index in [0.29, 0.717) is 6.04 Å². The van der Waals surface area contributed by atoms with Crippen molar-refractivity contribution < 1.29 is 0 Å². The SMILES string of the molecule is Cc1ccc([C@H](N[C@@H](C)Cc2ccncc2)c2ccccc2)cc1. The first kappa shape index (κ1) is 16.4. The average molecular weight is 316 g/mol. The van der Waals surface area contributed by atoms with Gasteiger partial charge in [0.15, 0.2) is 0 Å². The average Bonchev–Trinajstić information content (AvgIpc) is 2.62. The Hall–Kier alpha value is -2.45. The zero-order valence-corrected chi connectivity index (χ0v) is 14.3. The van der Waals surface area contributed by atoms with Crippen molar-refractivity contribution in [1.29, 1.82) is 0 Å². The summed E-state index contributed by atoms with van der Waals surface area (Å²) in [6, 6.07) is 24.2. The van der Waals surface area contributed by atoms with Crippen LogP contribution in [0.15, 0.2) is 79.1 Å². The molecule has 0 fully saturated rings. The van der Waals surface area contributed by atoms with Crippen LogP contribution >= 0.6 is 0 Å². The van der Waals surface area contributed by atoms with Gasteiger partial charge in [-0.1, -0.05) is 60.2 Å². The van der Waals surface area contributed by atoms with Crippen LogP contribution in [0.4, 0.5) is 0 Å². The Labute approximate surface area is 144 Å². The van der Waals surface area contributed by atoms with Gasteiger partial charge in [0.05, 0.1) is 6.04 Å². The summed E-state index contributed by atoms with van der Waals surface area (Å²) >= 11 is 0. The van der Waals surface area contributed by atoms with Crippen molar-refractivity contribution in [2.75, 3.05) is 0 Å². The Kier molecular flexibility index (Phi) is 5.39. The molecule has 2 atom stereocenters. The fourth-order valence-electron chi connectivity index (χ4n) is 3.01. The Balaban J connectivity index is 1.81. The van der Waals surface area contributed by atoms with Crippen molar-refractivity contribution in [2.24, 2.45) is 0 Å². The van der Waals surface area contributed by atoms with Crippen molar-refractivity contribution in [3.05, 3.63) is 101 Å². The summed E-state index contributed by atoms with van der Waals surface area (Å²) in [4.78, 5) is 4.10. The van der Waals surface area contributed by atoms with Gasteiger partial charge >= 0.3 is 0 Å². The van der Waals surface area contributed by atoms with E-state index in [2.05, 4.69) is 90.9 Å². The van der Waals surface area contributed by atoms with Crippen molar-refractivity contribution in [3.63, 3.8) is 0 Å². The summed E-state index contributed by atoms with van der Waals surface area (Å²) in [6.07, 6.45) is 4.70. The molecule has 0 saturated heterocycles. The third kappa shape index (κ3) is 4.30. The third-order valence-electron chi connectivity index (χ3n) is 4.29. The fourth-order valence-corrected chi connectivity index (χ4v) is 3.01. The highest BCUT2D eigenvalue weighted by Gasteiger charge is 2.16. The van der Waals surface area contributed by atoms with E-state index in [0.717, 1.165) is 6.42 Å². The van der Waals surface area contributed by atoms with E-state index in [-0.39, 0.29) is 6.04 Å².